The summed E-state index contributed by atoms with van der Waals surface area (Å²) in [5.74, 6) is 0.506. The van der Waals surface area contributed by atoms with Crippen LogP contribution in [0.15, 0.2) is 36.7 Å². The summed E-state index contributed by atoms with van der Waals surface area (Å²) in [7, 11) is 0. The highest BCUT2D eigenvalue weighted by Crippen LogP contribution is 2.39. The summed E-state index contributed by atoms with van der Waals surface area (Å²) in [6, 6.07) is 7.51. The number of carbonyl (C=O) groups is 1. The molecule has 132 valence electrons. The molecule has 0 saturated carbocycles. The number of para-hydroxylation sites is 1. The number of aromatic nitrogens is 1. The van der Waals surface area contributed by atoms with Gasteiger partial charge in [0.25, 0.3) is 0 Å². The average Bonchev–Trinajstić information content (AvgIpc) is 2.69. The Kier molecular flexibility index (Phi) is 4.61. The third kappa shape index (κ3) is 4.07. The molecule has 1 aliphatic heterocycles. The topological polar surface area (TPSA) is 60.5 Å². The second-order valence-corrected chi connectivity index (χ2v) is 7.02. The van der Waals surface area contributed by atoms with Gasteiger partial charge in [0.15, 0.2) is 5.75 Å². The molecule has 2 aromatic rings. The number of alkyl carbamates (subject to hydrolysis) is 1. The van der Waals surface area contributed by atoms with E-state index in [1.807, 2.05) is 24.3 Å². The smallest absolute Gasteiger partial charge is 0.407 e. The number of amides is 1. The minimum Gasteiger partial charge on any atom is -0.455 e. The number of nitrogens with zero attached hydrogens (tertiary/aromatic N) is 1. The van der Waals surface area contributed by atoms with E-state index in [0.717, 1.165) is 5.56 Å². The number of benzene rings is 1. The molecule has 0 fully saturated rings. The van der Waals surface area contributed by atoms with Gasteiger partial charge >= 0.3 is 6.09 Å². The lowest BCUT2D eigenvalue weighted by atomic mass is 9.92. The molecule has 0 aliphatic carbocycles. The first-order chi connectivity index (χ1) is 11.8. The molecule has 0 radical (unpaired) electrons. The standard InChI is InChI=1S/C19H21FN2O3/c1-19(2,3)25-18(23)22-9-12-8-14-15(20)10-21-11-17(14)24-16-7-5-4-6-13(12)16/h4-7,10-12H,8-9H2,1-3H3,(H,22,23)/t12-/m0/s1. The zero-order valence-electron chi connectivity index (χ0n) is 14.5. The molecule has 25 heavy (non-hydrogen) atoms. The highest BCUT2D eigenvalue weighted by Gasteiger charge is 2.26. The van der Waals surface area contributed by atoms with Crippen molar-refractivity contribution in [3.8, 4) is 11.5 Å². The highest BCUT2D eigenvalue weighted by molar-refractivity contribution is 5.67. The van der Waals surface area contributed by atoms with Gasteiger partial charge in [0.1, 0.15) is 17.2 Å². The Bertz CT molecular complexity index is 786. The van der Waals surface area contributed by atoms with Crippen LogP contribution in [0.2, 0.25) is 0 Å². The summed E-state index contributed by atoms with van der Waals surface area (Å²) in [5.41, 5.74) is 0.801. The molecular weight excluding hydrogens is 323 g/mol. The number of ether oxygens (including phenoxy) is 2. The van der Waals surface area contributed by atoms with Gasteiger partial charge in [0.05, 0.1) is 12.4 Å². The molecule has 0 bridgehead atoms. The van der Waals surface area contributed by atoms with Crippen molar-refractivity contribution in [1.29, 1.82) is 0 Å². The van der Waals surface area contributed by atoms with E-state index in [2.05, 4.69) is 10.3 Å². The fourth-order valence-corrected chi connectivity index (χ4v) is 2.82. The zero-order valence-corrected chi connectivity index (χ0v) is 14.5. The second kappa shape index (κ2) is 6.70. The number of halogens is 1. The first-order valence-electron chi connectivity index (χ1n) is 8.19. The van der Waals surface area contributed by atoms with Crippen molar-refractivity contribution in [3.05, 3.63) is 53.6 Å². The molecule has 1 atom stereocenters. The van der Waals surface area contributed by atoms with E-state index in [0.29, 0.717) is 30.0 Å². The number of hydrogen-bond acceptors (Lipinski definition) is 4. The van der Waals surface area contributed by atoms with Crippen molar-refractivity contribution in [2.24, 2.45) is 0 Å². The van der Waals surface area contributed by atoms with E-state index in [-0.39, 0.29) is 5.92 Å². The Labute approximate surface area is 146 Å². The van der Waals surface area contributed by atoms with E-state index in [1.54, 1.807) is 20.8 Å². The van der Waals surface area contributed by atoms with Crippen LogP contribution in [-0.2, 0) is 11.2 Å². The number of nitrogens with one attached hydrogen (secondary N) is 1. The lowest BCUT2D eigenvalue weighted by Gasteiger charge is -2.22. The van der Waals surface area contributed by atoms with Gasteiger partial charge in [-0.2, -0.15) is 0 Å². The molecule has 1 amide bonds. The molecule has 1 aromatic carbocycles. The number of rotatable bonds is 2. The Balaban J connectivity index is 1.85. The van der Waals surface area contributed by atoms with Gasteiger partial charge < -0.3 is 14.8 Å². The summed E-state index contributed by atoms with van der Waals surface area (Å²) < 4.78 is 25.3. The highest BCUT2D eigenvalue weighted by atomic mass is 19.1. The van der Waals surface area contributed by atoms with Gasteiger partial charge in [0, 0.05) is 18.0 Å². The van der Waals surface area contributed by atoms with Crippen LogP contribution in [0.4, 0.5) is 9.18 Å². The maximum absolute atomic E-state index is 14.2. The van der Waals surface area contributed by atoms with Gasteiger partial charge in [-0.3, -0.25) is 4.98 Å². The van der Waals surface area contributed by atoms with Crippen molar-refractivity contribution < 1.29 is 18.7 Å². The first-order valence-corrected chi connectivity index (χ1v) is 8.19. The maximum atomic E-state index is 14.2. The van der Waals surface area contributed by atoms with Gasteiger partial charge in [-0.05, 0) is 38.8 Å². The molecule has 6 heteroatoms. The van der Waals surface area contributed by atoms with E-state index in [4.69, 9.17) is 9.47 Å². The van der Waals surface area contributed by atoms with Crippen LogP contribution in [0.3, 0.4) is 0 Å². The average molecular weight is 344 g/mol. The van der Waals surface area contributed by atoms with Crippen LogP contribution in [0.1, 0.15) is 37.8 Å². The fourth-order valence-electron chi connectivity index (χ4n) is 2.82. The van der Waals surface area contributed by atoms with E-state index in [9.17, 15) is 9.18 Å². The SMILES string of the molecule is CC(C)(C)OC(=O)NC[C@@H]1Cc2c(F)cncc2Oc2ccccc21. The van der Waals surface area contributed by atoms with Crippen LogP contribution in [-0.4, -0.2) is 23.2 Å². The van der Waals surface area contributed by atoms with Gasteiger partial charge in [-0.25, -0.2) is 9.18 Å². The van der Waals surface area contributed by atoms with Gasteiger partial charge in [-0.1, -0.05) is 18.2 Å². The summed E-state index contributed by atoms with van der Waals surface area (Å²) in [6.45, 7) is 5.73. The number of pyridine rings is 1. The largest absolute Gasteiger partial charge is 0.455 e. The van der Waals surface area contributed by atoms with E-state index < -0.39 is 17.5 Å². The van der Waals surface area contributed by atoms with Crippen molar-refractivity contribution in [3.63, 3.8) is 0 Å². The minimum absolute atomic E-state index is 0.137. The second-order valence-electron chi connectivity index (χ2n) is 7.02. The lowest BCUT2D eigenvalue weighted by molar-refractivity contribution is 0.0524. The quantitative estimate of drug-likeness (QED) is 0.888. The van der Waals surface area contributed by atoms with Crippen molar-refractivity contribution in [2.75, 3.05) is 6.54 Å². The van der Waals surface area contributed by atoms with E-state index in [1.165, 1.54) is 12.4 Å². The Hall–Kier alpha value is -2.63. The normalized spacial score (nSPS) is 16.1. The molecule has 2 heterocycles. The summed E-state index contributed by atoms with van der Waals surface area (Å²) in [5, 5.41) is 2.77. The number of carbonyl (C=O) groups excluding carboxylic acids is 1. The summed E-state index contributed by atoms with van der Waals surface area (Å²) in [4.78, 5) is 15.8. The molecular formula is C19H21FN2O3. The predicted octanol–water partition coefficient (Wildman–Crippen LogP) is 4.18. The molecule has 1 N–H and O–H groups in total. The Morgan fingerprint density at radius 3 is 2.84 bits per heavy atom. The van der Waals surface area contributed by atoms with Crippen molar-refractivity contribution >= 4 is 6.09 Å². The molecule has 0 spiro atoms. The maximum Gasteiger partial charge on any atom is 0.407 e. The minimum atomic E-state index is -0.571. The molecule has 1 aliphatic rings. The lowest BCUT2D eigenvalue weighted by Crippen LogP contribution is -2.35. The van der Waals surface area contributed by atoms with Gasteiger partial charge in [0.2, 0.25) is 0 Å². The van der Waals surface area contributed by atoms with Crippen LogP contribution in [0.5, 0.6) is 11.5 Å². The summed E-state index contributed by atoms with van der Waals surface area (Å²) >= 11 is 0. The Morgan fingerprint density at radius 2 is 2.08 bits per heavy atom. The van der Waals surface area contributed by atoms with Crippen LogP contribution in [0, 0.1) is 5.82 Å². The van der Waals surface area contributed by atoms with Crippen LogP contribution < -0.4 is 10.1 Å². The molecule has 3 rings (SSSR count). The van der Waals surface area contributed by atoms with E-state index >= 15 is 0 Å². The van der Waals surface area contributed by atoms with Crippen molar-refractivity contribution in [1.82, 2.24) is 10.3 Å². The number of hydrogen-bond donors (Lipinski definition) is 1. The molecule has 5 nitrogen and oxygen atoms in total. The molecule has 0 unspecified atom stereocenters. The Morgan fingerprint density at radius 1 is 1.32 bits per heavy atom. The van der Waals surface area contributed by atoms with Crippen LogP contribution >= 0.6 is 0 Å². The zero-order chi connectivity index (χ0) is 18.0. The first kappa shape index (κ1) is 17.2. The van der Waals surface area contributed by atoms with Crippen LogP contribution in [0.25, 0.3) is 0 Å². The predicted molar refractivity (Wildman–Crippen MR) is 91.4 cm³/mol. The fraction of sp³-hybridized carbons (Fsp3) is 0.368. The monoisotopic (exact) mass is 344 g/mol. The molecule has 1 aromatic heterocycles. The van der Waals surface area contributed by atoms with Crippen molar-refractivity contribution in [2.45, 2.75) is 38.7 Å². The number of fused-ring (bicyclic) bond motifs is 2. The third-order valence-electron chi connectivity index (χ3n) is 3.89. The van der Waals surface area contributed by atoms with Gasteiger partial charge in [-0.15, -0.1) is 0 Å². The third-order valence-corrected chi connectivity index (χ3v) is 3.89. The molecule has 0 saturated heterocycles. The summed E-state index contributed by atoms with van der Waals surface area (Å²) in [6.07, 6.45) is 2.59.